The first-order valence-corrected chi connectivity index (χ1v) is 4.45. The van der Waals surface area contributed by atoms with E-state index >= 15 is 0 Å². The minimum absolute atomic E-state index is 0.232. The molecule has 1 fully saturated rings. The third-order valence-corrected chi connectivity index (χ3v) is 2.32. The summed E-state index contributed by atoms with van der Waals surface area (Å²) in [4.78, 5) is 2.23. The van der Waals surface area contributed by atoms with E-state index < -0.39 is 0 Å². The van der Waals surface area contributed by atoms with Crippen molar-refractivity contribution in [3.63, 3.8) is 0 Å². The summed E-state index contributed by atoms with van der Waals surface area (Å²) in [5.74, 6) is 0.748. The van der Waals surface area contributed by atoms with Crippen LogP contribution in [0.3, 0.4) is 0 Å². The van der Waals surface area contributed by atoms with Crippen molar-refractivity contribution >= 4 is 0 Å². The van der Waals surface area contributed by atoms with E-state index in [-0.39, 0.29) is 5.54 Å². The summed E-state index contributed by atoms with van der Waals surface area (Å²) in [5, 5.41) is 0. The highest BCUT2D eigenvalue weighted by molar-refractivity contribution is 4.99. The second-order valence-electron chi connectivity index (χ2n) is 4.43. The van der Waals surface area contributed by atoms with Crippen LogP contribution in [0.2, 0.25) is 0 Å². The van der Waals surface area contributed by atoms with Crippen molar-refractivity contribution in [1.29, 1.82) is 0 Å². The van der Waals surface area contributed by atoms with Gasteiger partial charge in [-0.15, -0.1) is 0 Å². The van der Waals surface area contributed by atoms with Crippen LogP contribution in [0.5, 0.6) is 0 Å². The average molecular weight is 156 g/mol. The first-order chi connectivity index (χ1) is 5.02. The molecule has 0 aliphatic heterocycles. The van der Waals surface area contributed by atoms with Gasteiger partial charge in [-0.2, -0.15) is 0 Å². The molecule has 66 valence electrons. The zero-order chi connectivity index (χ0) is 8.48. The first kappa shape index (κ1) is 9.01. The largest absolute Gasteiger partial charge is 0.325 e. The van der Waals surface area contributed by atoms with E-state index in [2.05, 4.69) is 25.9 Å². The summed E-state index contributed by atoms with van der Waals surface area (Å²) >= 11 is 0. The maximum absolute atomic E-state index is 6.00. The van der Waals surface area contributed by atoms with Gasteiger partial charge in [-0.05, 0) is 39.3 Å². The Morgan fingerprint density at radius 1 is 1.45 bits per heavy atom. The lowest BCUT2D eigenvalue weighted by Crippen LogP contribution is -2.29. The molecule has 2 nitrogen and oxygen atoms in total. The Hall–Kier alpha value is -0.0800. The molecule has 1 atom stereocenters. The van der Waals surface area contributed by atoms with Gasteiger partial charge in [-0.3, -0.25) is 0 Å². The lowest BCUT2D eigenvalue weighted by atomic mass is 10.0. The second-order valence-corrected chi connectivity index (χ2v) is 4.43. The lowest BCUT2D eigenvalue weighted by molar-refractivity contribution is 0.310. The molecule has 2 heteroatoms. The Labute approximate surface area is 69.8 Å². The van der Waals surface area contributed by atoms with E-state index in [4.69, 9.17) is 5.73 Å². The molecule has 0 saturated heterocycles. The summed E-state index contributed by atoms with van der Waals surface area (Å²) in [6, 6.07) is 0. The van der Waals surface area contributed by atoms with Crippen LogP contribution in [0.4, 0.5) is 0 Å². The van der Waals surface area contributed by atoms with Crippen molar-refractivity contribution in [2.45, 2.75) is 31.7 Å². The Bertz CT molecular complexity index is 128. The zero-order valence-corrected chi connectivity index (χ0v) is 7.93. The van der Waals surface area contributed by atoms with E-state index in [1.807, 2.05) is 0 Å². The molecule has 11 heavy (non-hydrogen) atoms. The highest BCUT2D eigenvalue weighted by Crippen LogP contribution is 2.38. The topological polar surface area (TPSA) is 29.3 Å². The minimum atomic E-state index is 0.232. The highest BCUT2D eigenvalue weighted by atomic mass is 15.1. The summed E-state index contributed by atoms with van der Waals surface area (Å²) in [6.07, 6.45) is 3.68. The van der Waals surface area contributed by atoms with Crippen LogP contribution in [-0.4, -0.2) is 31.1 Å². The summed E-state index contributed by atoms with van der Waals surface area (Å²) in [6.45, 7) is 3.45. The van der Waals surface area contributed by atoms with Gasteiger partial charge in [0.2, 0.25) is 0 Å². The molecular formula is C9H20N2. The normalized spacial score (nSPS) is 23.7. The molecule has 2 N–H and O–H groups in total. The van der Waals surface area contributed by atoms with Crippen molar-refractivity contribution in [2.24, 2.45) is 11.7 Å². The van der Waals surface area contributed by atoms with E-state index in [9.17, 15) is 0 Å². The Kier molecular flexibility index (Phi) is 2.55. The summed E-state index contributed by atoms with van der Waals surface area (Å²) < 4.78 is 0. The molecule has 0 aromatic rings. The minimum Gasteiger partial charge on any atom is -0.325 e. The molecule has 0 bridgehead atoms. The fraction of sp³-hybridized carbons (Fsp3) is 1.00. The molecule has 1 rings (SSSR count). The Morgan fingerprint density at radius 2 is 2.00 bits per heavy atom. The molecule has 0 aromatic heterocycles. The number of hydrogen-bond acceptors (Lipinski definition) is 2. The summed E-state index contributed by atoms with van der Waals surface area (Å²) in [5.41, 5.74) is 6.24. The van der Waals surface area contributed by atoms with Crippen LogP contribution in [-0.2, 0) is 0 Å². The van der Waals surface area contributed by atoms with Crippen molar-refractivity contribution in [3.05, 3.63) is 0 Å². The molecule has 1 saturated carbocycles. The fourth-order valence-corrected chi connectivity index (χ4v) is 1.75. The maximum Gasteiger partial charge on any atom is 0.0158 e. The summed E-state index contributed by atoms with van der Waals surface area (Å²) in [7, 11) is 4.24. The smallest absolute Gasteiger partial charge is 0.0158 e. The van der Waals surface area contributed by atoms with Crippen LogP contribution in [0.1, 0.15) is 26.2 Å². The molecule has 0 amide bonds. The highest BCUT2D eigenvalue weighted by Gasteiger charge is 2.38. The van der Waals surface area contributed by atoms with Gasteiger partial charge in [0.1, 0.15) is 0 Å². The second kappa shape index (κ2) is 3.11. The van der Waals surface area contributed by atoms with Gasteiger partial charge in [0, 0.05) is 12.1 Å². The monoisotopic (exact) mass is 156 g/mol. The van der Waals surface area contributed by atoms with Gasteiger partial charge in [-0.1, -0.05) is 6.92 Å². The number of nitrogens with two attached hydrogens (primary N) is 1. The molecule has 0 spiro atoms. The fourth-order valence-electron chi connectivity index (χ4n) is 1.75. The standard InChI is InChI=1S/C9H20N2/c1-8(7-11(2)3)6-9(10)4-5-9/h8H,4-7,10H2,1-3H3. The van der Waals surface area contributed by atoms with Crippen molar-refractivity contribution in [1.82, 2.24) is 4.90 Å². The van der Waals surface area contributed by atoms with Gasteiger partial charge >= 0.3 is 0 Å². The number of hydrogen-bond donors (Lipinski definition) is 1. The van der Waals surface area contributed by atoms with Gasteiger partial charge < -0.3 is 10.6 Å². The van der Waals surface area contributed by atoms with Gasteiger partial charge in [0.25, 0.3) is 0 Å². The van der Waals surface area contributed by atoms with Crippen molar-refractivity contribution < 1.29 is 0 Å². The van der Waals surface area contributed by atoms with Gasteiger partial charge in [-0.25, -0.2) is 0 Å². The lowest BCUT2D eigenvalue weighted by Gasteiger charge is -2.19. The molecule has 0 aromatic carbocycles. The predicted octanol–water partition coefficient (Wildman–Crippen LogP) is 1.07. The molecule has 1 aliphatic rings. The molecular weight excluding hydrogens is 136 g/mol. The quantitative estimate of drug-likeness (QED) is 0.659. The maximum atomic E-state index is 6.00. The molecule has 1 aliphatic carbocycles. The predicted molar refractivity (Wildman–Crippen MR) is 48.5 cm³/mol. The average Bonchev–Trinajstić information content (AvgIpc) is 2.44. The van der Waals surface area contributed by atoms with Gasteiger partial charge in [0.15, 0.2) is 0 Å². The van der Waals surface area contributed by atoms with E-state index in [1.165, 1.54) is 25.8 Å². The third-order valence-electron chi connectivity index (χ3n) is 2.32. The molecule has 0 heterocycles. The van der Waals surface area contributed by atoms with Crippen LogP contribution >= 0.6 is 0 Å². The third kappa shape index (κ3) is 3.21. The van der Waals surface area contributed by atoms with Crippen molar-refractivity contribution in [3.8, 4) is 0 Å². The zero-order valence-electron chi connectivity index (χ0n) is 7.93. The number of nitrogens with zero attached hydrogens (tertiary/aromatic N) is 1. The van der Waals surface area contributed by atoms with E-state index in [0.29, 0.717) is 0 Å². The SMILES string of the molecule is CC(CN(C)C)CC1(N)CC1. The molecule has 1 unspecified atom stereocenters. The van der Waals surface area contributed by atoms with E-state index in [0.717, 1.165) is 5.92 Å². The van der Waals surface area contributed by atoms with Gasteiger partial charge in [0.05, 0.1) is 0 Å². The van der Waals surface area contributed by atoms with Crippen LogP contribution in [0.25, 0.3) is 0 Å². The Balaban J connectivity index is 2.15. The Morgan fingerprint density at radius 3 is 2.36 bits per heavy atom. The molecule has 0 radical (unpaired) electrons. The number of rotatable bonds is 4. The van der Waals surface area contributed by atoms with Crippen LogP contribution in [0, 0.1) is 5.92 Å². The first-order valence-electron chi connectivity index (χ1n) is 4.45. The van der Waals surface area contributed by atoms with Crippen molar-refractivity contribution in [2.75, 3.05) is 20.6 Å². The van der Waals surface area contributed by atoms with Crippen LogP contribution in [0.15, 0.2) is 0 Å². The van der Waals surface area contributed by atoms with E-state index in [1.54, 1.807) is 0 Å². The van der Waals surface area contributed by atoms with Crippen LogP contribution < -0.4 is 5.73 Å².